The second-order valence-electron chi connectivity index (χ2n) is 9.44. The van der Waals surface area contributed by atoms with E-state index in [4.69, 9.17) is 4.98 Å². The Labute approximate surface area is 181 Å². The Bertz CT molecular complexity index is 1290. The number of pyridine rings is 2. The highest BCUT2D eigenvalue weighted by molar-refractivity contribution is 5.90. The molecule has 31 heavy (non-hydrogen) atoms. The van der Waals surface area contributed by atoms with E-state index in [9.17, 15) is 0 Å². The SMILES string of the molecule is Cc1c(-c2[nH]c3ccc(N4C[C@H]5CC[C@@H]4CN5)nc3c2C(C)C)cn2ncnc2c1C. The lowest BCUT2D eigenvalue weighted by atomic mass is 9.93. The van der Waals surface area contributed by atoms with Crippen LogP contribution in [0.3, 0.4) is 0 Å². The van der Waals surface area contributed by atoms with Crippen LogP contribution in [0.4, 0.5) is 5.82 Å². The van der Waals surface area contributed by atoms with Crippen LogP contribution in [-0.4, -0.2) is 49.7 Å². The molecular weight excluding hydrogens is 386 g/mol. The maximum absolute atomic E-state index is 5.22. The molecule has 3 aliphatic heterocycles. The highest BCUT2D eigenvalue weighted by Gasteiger charge is 2.34. The summed E-state index contributed by atoms with van der Waals surface area (Å²) in [7, 11) is 0. The van der Waals surface area contributed by atoms with Gasteiger partial charge in [-0.15, -0.1) is 0 Å². The van der Waals surface area contributed by atoms with Gasteiger partial charge in [0, 0.05) is 42.5 Å². The third-order valence-corrected chi connectivity index (χ3v) is 7.28. The van der Waals surface area contributed by atoms with E-state index in [-0.39, 0.29) is 0 Å². The van der Waals surface area contributed by atoms with Gasteiger partial charge in [0.2, 0.25) is 0 Å². The number of nitrogens with one attached hydrogen (secondary N) is 2. The van der Waals surface area contributed by atoms with E-state index in [0.717, 1.165) is 46.8 Å². The Morgan fingerprint density at radius 1 is 1.13 bits per heavy atom. The normalized spacial score (nSPS) is 21.1. The lowest BCUT2D eigenvalue weighted by molar-refractivity contribution is 0.289. The fraction of sp³-hybridized carbons (Fsp3) is 0.458. The molecule has 0 unspecified atom stereocenters. The second-order valence-corrected chi connectivity index (χ2v) is 9.44. The number of hydrogen-bond acceptors (Lipinski definition) is 5. The van der Waals surface area contributed by atoms with Crippen molar-refractivity contribution in [3.8, 4) is 11.3 Å². The number of H-pyrrole nitrogens is 1. The number of aromatic nitrogens is 5. The minimum Gasteiger partial charge on any atom is -0.353 e. The molecule has 0 amide bonds. The van der Waals surface area contributed by atoms with Crippen LogP contribution in [0.25, 0.3) is 27.9 Å². The summed E-state index contributed by atoms with van der Waals surface area (Å²) < 4.78 is 1.88. The van der Waals surface area contributed by atoms with Gasteiger partial charge in [-0.25, -0.2) is 14.5 Å². The third kappa shape index (κ3) is 2.79. The van der Waals surface area contributed by atoms with Gasteiger partial charge < -0.3 is 15.2 Å². The number of aromatic amines is 1. The van der Waals surface area contributed by atoms with Crippen LogP contribution >= 0.6 is 0 Å². The van der Waals surface area contributed by atoms with Gasteiger partial charge in [0.25, 0.3) is 0 Å². The Balaban J connectivity index is 1.53. The van der Waals surface area contributed by atoms with E-state index in [1.165, 1.54) is 29.5 Å². The van der Waals surface area contributed by atoms with Gasteiger partial charge in [0.1, 0.15) is 12.1 Å². The summed E-state index contributed by atoms with van der Waals surface area (Å²) in [5, 5.41) is 8.04. The lowest BCUT2D eigenvalue weighted by Crippen LogP contribution is -2.61. The minimum absolute atomic E-state index is 0.345. The first-order chi connectivity index (χ1) is 15.0. The molecule has 7 rings (SSSR count). The van der Waals surface area contributed by atoms with Gasteiger partial charge in [0.05, 0.1) is 16.7 Å². The smallest absolute Gasteiger partial charge is 0.158 e. The summed E-state index contributed by atoms with van der Waals surface area (Å²) in [5.41, 5.74) is 9.08. The van der Waals surface area contributed by atoms with Crippen molar-refractivity contribution in [1.82, 2.24) is 29.9 Å². The van der Waals surface area contributed by atoms with E-state index in [0.29, 0.717) is 18.0 Å². The van der Waals surface area contributed by atoms with Crippen molar-refractivity contribution in [2.75, 3.05) is 18.0 Å². The molecular formula is C24H29N7. The van der Waals surface area contributed by atoms with E-state index in [1.807, 2.05) is 4.52 Å². The Hall–Kier alpha value is -2.93. The number of fused-ring (bicyclic) bond motifs is 5. The van der Waals surface area contributed by atoms with Gasteiger partial charge >= 0.3 is 0 Å². The zero-order valence-electron chi connectivity index (χ0n) is 18.6. The van der Waals surface area contributed by atoms with E-state index < -0.39 is 0 Å². The quantitative estimate of drug-likeness (QED) is 0.530. The molecule has 4 aromatic heterocycles. The molecule has 0 radical (unpaired) electrons. The van der Waals surface area contributed by atoms with Crippen molar-refractivity contribution >= 4 is 22.5 Å². The Morgan fingerprint density at radius 2 is 2.00 bits per heavy atom. The fourth-order valence-corrected chi connectivity index (χ4v) is 5.45. The zero-order chi connectivity index (χ0) is 21.3. The Morgan fingerprint density at radius 3 is 2.71 bits per heavy atom. The predicted octanol–water partition coefficient (Wildman–Crippen LogP) is 3.95. The first-order valence-corrected chi connectivity index (χ1v) is 11.3. The first-order valence-electron chi connectivity index (χ1n) is 11.3. The maximum atomic E-state index is 5.22. The van der Waals surface area contributed by atoms with Crippen molar-refractivity contribution in [2.24, 2.45) is 0 Å². The molecule has 160 valence electrons. The molecule has 7 heteroatoms. The average molecular weight is 416 g/mol. The summed E-state index contributed by atoms with van der Waals surface area (Å²) in [4.78, 5) is 15.8. The standard InChI is InChI=1S/C24H29N7/c1-13(2)21-22(18-11-31-24(26-12-27-31)15(4)14(18)3)28-19-7-8-20(29-23(19)21)30-10-16-5-6-17(30)9-25-16/h7-8,11-13,16-17,25,28H,5-6,9-10H2,1-4H3/t16-,17-/m1/s1. The van der Waals surface area contributed by atoms with Crippen molar-refractivity contribution in [2.45, 2.75) is 58.5 Å². The maximum Gasteiger partial charge on any atom is 0.158 e. The fourth-order valence-electron chi connectivity index (χ4n) is 5.45. The van der Waals surface area contributed by atoms with Crippen LogP contribution in [0.15, 0.2) is 24.7 Å². The molecule has 0 aliphatic carbocycles. The number of anilines is 1. The molecule has 0 spiro atoms. The average Bonchev–Trinajstić information content (AvgIpc) is 3.41. The third-order valence-electron chi connectivity index (χ3n) is 7.28. The number of aryl methyl sites for hydroxylation is 1. The van der Waals surface area contributed by atoms with Crippen LogP contribution in [-0.2, 0) is 0 Å². The molecule has 0 aromatic carbocycles. The van der Waals surface area contributed by atoms with Crippen molar-refractivity contribution in [1.29, 1.82) is 0 Å². The number of hydrogen-bond donors (Lipinski definition) is 2. The van der Waals surface area contributed by atoms with Gasteiger partial charge in [-0.2, -0.15) is 5.10 Å². The molecule has 3 saturated heterocycles. The number of nitrogens with zero attached hydrogens (tertiary/aromatic N) is 5. The summed E-state index contributed by atoms with van der Waals surface area (Å²) >= 11 is 0. The topological polar surface area (TPSA) is 74.1 Å². The molecule has 2 N–H and O–H groups in total. The van der Waals surface area contributed by atoms with E-state index >= 15 is 0 Å². The molecule has 2 bridgehead atoms. The van der Waals surface area contributed by atoms with E-state index in [1.54, 1.807) is 6.33 Å². The highest BCUT2D eigenvalue weighted by atomic mass is 15.3. The van der Waals surface area contributed by atoms with Crippen LogP contribution in [0.5, 0.6) is 0 Å². The minimum atomic E-state index is 0.345. The molecule has 7 nitrogen and oxygen atoms in total. The largest absolute Gasteiger partial charge is 0.353 e. The van der Waals surface area contributed by atoms with Crippen molar-refractivity contribution in [3.05, 3.63) is 41.3 Å². The number of rotatable bonds is 3. The summed E-state index contributed by atoms with van der Waals surface area (Å²) in [5.74, 6) is 1.45. The zero-order valence-corrected chi connectivity index (χ0v) is 18.6. The molecule has 7 heterocycles. The van der Waals surface area contributed by atoms with Crippen LogP contribution in [0, 0.1) is 13.8 Å². The summed E-state index contributed by atoms with van der Waals surface area (Å²) in [6, 6.07) is 5.54. The second kappa shape index (κ2) is 6.79. The molecule has 3 aliphatic rings. The van der Waals surface area contributed by atoms with E-state index in [2.05, 4.69) is 71.3 Å². The molecule has 4 aromatic rings. The predicted molar refractivity (Wildman–Crippen MR) is 124 cm³/mol. The van der Waals surface area contributed by atoms with Crippen LogP contribution in [0.1, 0.15) is 49.3 Å². The number of piperidine rings is 2. The summed E-state index contributed by atoms with van der Waals surface area (Å²) in [6.45, 7) is 10.9. The summed E-state index contributed by atoms with van der Waals surface area (Å²) in [6.07, 6.45) is 6.24. The molecule has 3 fully saturated rings. The monoisotopic (exact) mass is 415 g/mol. The Kier molecular flexibility index (Phi) is 4.12. The van der Waals surface area contributed by atoms with Crippen LogP contribution < -0.4 is 10.2 Å². The van der Waals surface area contributed by atoms with Gasteiger partial charge in [-0.05, 0) is 55.9 Å². The lowest BCUT2D eigenvalue weighted by Gasteiger charge is -2.46. The number of piperazine rings is 1. The van der Waals surface area contributed by atoms with Crippen LogP contribution in [0.2, 0.25) is 0 Å². The van der Waals surface area contributed by atoms with Crippen molar-refractivity contribution < 1.29 is 0 Å². The molecule has 2 atom stereocenters. The van der Waals surface area contributed by atoms with Crippen molar-refractivity contribution in [3.63, 3.8) is 0 Å². The van der Waals surface area contributed by atoms with Gasteiger partial charge in [-0.3, -0.25) is 0 Å². The first kappa shape index (κ1) is 18.8. The highest BCUT2D eigenvalue weighted by Crippen LogP contribution is 2.38. The van der Waals surface area contributed by atoms with Gasteiger partial charge in [-0.1, -0.05) is 13.8 Å². The van der Waals surface area contributed by atoms with Gasteiger partial charge in [0.15, 0.2) is 5.65 Å². The molecule has 0 saturated carbocycles.